The normalized spacial score (nSPS) is 21.5. The Labute approximate surface area is 156 Å². The molecule has 1 aromatic heterocycles. The molecule has 0 radical (unpaired) electrons. The third kappa shape index (κ3) is 3.25. The molecule has 144 valence electrons. The van der Waals surface area contributed by atoms with Crippen LogP contribution < -0.4 is 5.32 Å². The largest absolute Gasteiger partial charge is 0.379 e. The highest BCUT2D eigenvalue weighted by molar-refractivity contribution is 5.99. The predicted molar refractivity (Wildman–Crippen MR) is 96.6 cm³/mol. The molecule has 1 aliphatic carbocycles. The molecule has 1 aliphatic heterocycles. The van der Waals surface area contributed by atoms with Crippen LogP contribution in [0.5, 0.6) is 0 Å². The highest BCUT2D eigenvalue weighted by Gasteiger charge is 2.43. The summed E-state index contributed by atoms with van der Waals surface area (Å²) in [5.74, 6) is -1.54. The minimum Gasteiger partial charge on any atom is -0.379 e. The molecule has 1 unspecified atom stereocenters. The zero-order valence-corrected chi connectivity index (χ0v) is 15.3. The van der Waals surface area contributed by atoms with Crippen molar-refractivity contribution in [3.63, 3.8) is 0 Å². The summed E-state index contributed by atoms with van der Waals surface area (Å²) in [4.78, 5) is 13.2. The van der Waals surface area contributed by atoms with E-state index in [2.05, 4.69) is 10.4 Å². The number of carbonyl (C=O) groups is 1. The molecule has 1 saturated carbocycles. The molecule has 1 amide bonds. The lowest BCUT2D eigenvalue weighted by Crippen LogP contribution is -2.38. The molecule has 5 nitrogen and oxygen atoms in total. The van der Waals surface area contributed by atoms with Crippen LogP contribution in [0.15, 0.2) is 24.4 Å². The highest BCUT2D eigenvalue weighted by atomic mass is 19.1. The maximum Gasteiger partial charge on any atom is 0.235 e. The molecule has 0 bridgehead atoms. The Bertz CT molecular complexity index is 833. The van der Waals surface area contributed by atoms with Gasteiger partial charge in [0, 0.05) is 12.7 Å². The van der Waals surface area contributed by atoms with E-state index in [0.29, 0.717) is 37.3 Å². The fourth-order valence-electron chi connectivity index (χ4n) is 4.33. The zero-order valence-electron chi connectivity index (χ0n) is 15.3. The Balaban J connectivity index is 1.62. The first-order valence-electron chi connectivity index (χ1n) is 9.39. The summed E-state index contributed by atoms with van der Waals surface area (Å²) in [6.45, 7) is 3.23. The lowest BCUT2D eigenvalue weighted by atomic mass is 9.77. The number of nitrogens with one attached hydrogen (secondary N) is 1. The number of amides is 1. The monoisotopic (exact) mass is 375 g/mol. The Morgan fingerprint density at radius 3 is 2.59 bits per heavy atom. The smallest absolute Gasteiger partial charge is 0.235 e. The van der Waals surface area contributed by atoms with Crippen molar-refractivity contribution < 1.29 is 18.3 Å². The summed E-state index contributed by atoms with van der Waals surface area (Å²) in [6, 6.07) is 3.57. The molecule has 2 aliphatic rings. The third-order valence-corrected chi connectivity index (χ3v) is 5.85. The van der Waals surface area contributed by atoms with Gasteiger partial charge in [0.15, 0.2) is 0 Å². The van der Waals surface area contributed by atoms with Crippen molar-refractivity contribution in [2.24, 2.45) is 0 Å². The minimum absolute atomic E-state index is 0.174. The van der Waals surface area contributed by atoms with Gasteiger partial charge in [-0.25, -0.2) is 8.78 Å². The van der Waals surface area contributed by atoms with E-state index in [9.17, 15) is 13.6 Å². The molecule has 4 rings (SSSR count). The lowest BCUT2D eigenvalue weighted by molar-refractivity contribution is -0.121. The van der Waals surface area contributed by atoms with Crippen LogP contribution in [0, 0.1) is 18.6 Å². The van der Waals surface area contributed by atoms with Crippen molar-refractivity contribution in [3.8, 4) is 0 Å². The van der Waals surface area contributed by atoms with Crippen LogP contribution >= 0.6 is 0 Å². The molecule has 1 saturated heterocycles. The number of ether oxygens (including phenoxy) is 1. The Morgan fingerprint density at radius 1 is 1.26 bits per heavy atom. The van der Waals surface area contributed by atoms with Crippen molar-refractivity contribution >= 4 is 11.6 Å². The van der Waals surface area contributed by atoms with Gasteiger partial charge in [0.05, 0.1) is 35.6 Å². The molecule has 2 aromatic rings. The van der Waals surface area contributed by atoms with E-state index in [1.807, 2.05) is 11.6 Å². The van der Waals surface area contributed by atoms with Crippen molar-refractivity contribution in [3.05, 3.63) is 47.3 Å². The van der Waals surface area contributed by atoms with Crippen molar-refractivity contribution in [2.45, 2.75) is 50.5 Å². The van der Waals surface area contributed by atoms with Crippen LogP contribution in [0.1, 0.15) is 49.4 Å². The summed E-state index contributed by atoms with van der Waals surface area (Å²) >= 11 is 0. The molecule has 2 fully saturated rings. The van der Waals surface area contributed by atoms with Gasteiger partial charge < -0.3 is 10.1 Å². The third-order valence-electron chi connectivity index (χ3n) is 5.85. The van der Waals surface area contributed by atoms with Crippen LogP contribution in [0.4, 0.5) is 14.5 Å². The van der Waals surface area contributed by atoms with Gasteiger partial charge in [0.2, 0.25) is 5.91 Å². The van der Waals surface area contributed by atoms with Gasteiger partial charge in [-0.05, 0) is 43.9 Å². The number of benzene rings is 1. The first-order valence-corrected chi connectivity index (χ1v) is 9.39. The number of rotatable bonds is 4. The van der Waals surface area contributed by atoms with E-state index in [4.69, 9.17) is 4.74 Å². The van der Waals surface area contributed by atoms with Gasteiger partial charge in [-0.3, -0.25) is 9.48 Å². The SMILES string of the molecule is Cc1c(NC(=O)C2(c3cc(F)cc(F)c3)CCCC2)cnn1C1CCOC1. The molecular weight excluding hydrogens is 352 g/mol. The van der Waals surface area contributed by atoms with Crippen molar-refractivity contribution in [1.82, 2.24) is 9.78 Å². The number of carbonyl (C=O) groups excluding carboxylic acids is 1. The second kappa shape index (κ2) is 7.03. The fraction of sp³-hybridized carbons (Fsp3) is 0.500. The first kappa shape index (κ1) is 18.1. The molecule has 1 N–H and O–H groups in total. The van der Waals surface area contributed by atoms with E-state index in [1.165, 1.54) is 12.1 Å². The summed E-state index contributed by atoms with van der Waals surface area (Å²) in [5.41, 5.74) is 0.991. The van der Waals surface area contributed by atoms with Gasteiger partial charge in [-0.2, -0.15) is 5.10 Å². The van der Waals surface area contributed by atoms with E-state index in [0.717, 1.165) is 31.0 Å². The van der Waals surface area contributed by atoms with Gasteiger partial charge in [0.1, 0.15) is 11.6 Å². The number of aromatic nitrogens is 2. The maximum atomic E-state index is 13.8. The van der Waals surface area contributed by atoms with Crippen molar-refractivity contribution in [2.75, 3.05) is 18.5 Å². The summed E-state index contributed by atoms with van der Waals surface area (Å²) in [6.07, 6.45) is 5.38. The Kier molecular flexibility index (Phi) is 4.72. The van der Waals surface area contributed by atoms with Crippen LogP contribution in [0.25, 0.3) is 0 Å². The average molecular weight is 375 g/mol. The Morgan fingerprint density at radius 2 is 1.96 bits per heavy atom. The van der Waals surface area contributed by atoms with Gasteiger partial charge >= 0.3 is 0 Å². The van der Waals surface area contributed by atoms with E-state index >= 15 is 0 Å². The maximum absolute atomic E-state index is 13.8. The van der Waals surface area contributed by atoms with Gasteiger partial charge in [0.25, 0.3) is 0 Å². The second-order valence-corrected chi connectivity index (χ2v) is 7.51. The fourth-order valence-corrected chi connectivity index (χ4v) is 4.33. The van der Waals surface area contributed by atoms with E-state index < -0.39 is 17.0 Å². The second-order valence-electron chi connectivity index (χ2n) is 7.51. The van der Waals surface area contributed by atoms with Crippen LogP contribution in [0.2, 0.25) is 0 Å². The number of halogens is 2. The highest BCUT2D eigenvalue weighted by Crippen LogP contribution is 2.42. The van der Waals surface area contributed by atoms with Crippen molar-refractivity contribution in [1.29, 1.82) is 0 Å². The van der Waals surface area contributed by atoms with Gasteiger partial charge in [-0.1, -0.05) is 12.8 Å². The number of nitrogens with zero attached hydrogens (tertiary/aromatic N) is 2. The number of hydrogen-bond acceptors (Lipinski definition) is 3. The standard InChI is InChI=1S/C20H23F2N3O2/c1-13-18(11-23-25(13)17-4-7-27-12-17)24-19(26)20(5-2-3-6-20)14-8-15(21)10-16(22)9-14/h8-11,17H,2-7,12H2,1H3,(H,24,26). The average Bonchev–Trinajstić information content (AvgIpc) is 3.36. The number of hydrogen-bond donors (Lipinski definition) is 1. The molecule has 2 heterocycles. The summed E-state index contributed by atoms with van der Waals surface area (Å²) in [7, 11) is 0. The first-order chi connectivity index (χ1) is 13.0. The van der Waals surface area contributed by atoms with Gasteiger partial charge in [-0.15, -0.1) is 0 Å². The lowest BCUT2D eigenvalue weighted by Gasteiger charge is -2.28. The molecule has 27 heavy (non-hydrogen) atoms. The summed E-state index contributed by atoms with van der Waals surface area (Å²) in [5, 5.41) is 7.37. The quantitative estimate of drug-likeness (QED) is 0.882. The molecular formula is C20H23F2N3O2. The predicted octanol–water partition coefficient (Wildman–Crippen LogP) is 3.88. The van der Waals surface area contributed by atoms with Crippen LogP contribution in [0.3, 0.4) is 0 Å². The summed E-state index contributed by atoms with van der Waals surface area (Å²) < 4.78 is 34.9. The van der Waals surface area contributed by atoms with Crippen LogP contribution in [-0.4, -0.2) is 28.9 Å². The molecule has 1 atom stereocenters. The zero-order chi connectivity index (χ0) is 19.0. The molecule has 7 heteroatoms. The van der Waals surface area contributed by atoms with Crippen LogP contribution in [-0.2, 0) is 14.9 Å². The van der Waals surface area contributed by atoms with E-state index in [-0.39, 0.29) is 11.9 Å². The topological polar surface area (TPSA) is 56.2 Å². The Hall–Kier alpha value is -2.28. The minimum atomic E-state index is -0.909. The molecule has 1 aromatic carbocycles. The van der Waals surface area contributed by atoms with E-state index in [1.54, 1.807) is 6.20 Å². The molecule has 0 spiro atoms. The number of anilines is 1.